The van der Waals surface area contributed by atoms with Crippen molar-refractivity contribution in [2.75, 3.05) is 32.0 Å². The summed E-state index contributed by atoms with van der Waals surface area (Å²) >= 11 is 0. The summed E-state index contributed by atoms with van der Waals surface area (Å²) in [5, 5.41) is 3.53. The summed E-state index contributed by atoms with van der Waals surface area (Å²) in [6.07, 6.45) is 2.37. The second-order valence-electron chi connectivity index (χ2n) is 5.62. The van der Waals surface area contributed by atoms with Gasteiger partial charge in [0, 0.05) is 24.8 Å². The average Bonchev–Trinajstić information content (AvgIpc) is 2.85. The molecule has 2 bridgehead atoms. The summed E-state index contributed by atoms with van der Waals surface area (Å²) in [5.74, 6) is 0.688. The van der Waals surface area contributed by atoms with Crippen molar-refractivity contribution in [3.8, 4) is 0 Å². The number of hydrogen-bond acceptors (Lipinski definition) is 4. The predicted molar refractivity (Wildman–Crippen MR) is 79.3 cm³/mol. The van der Waals surface area contributed by atoms with E-state index in [1.807, 2.05) is 6.07 Å². The van der Waals surface area contributed by atoms with Crippen LogP contribution in [0.3, 0.4) is 0 Å². The molecule has 2 aliphatic heterocycles. The van der Waals surface area contributed by atoms with E-state index in [0.717, 1.165) is 18.7 Å². The van der Waals surface area contributed by atoms with Crippen LogP contribution in [-0.4, -0.2) is 46.0 Å². The van der Waals surface area contributed by atoms with E-state index in [4.69, 9.17) is 0 Å². The van der Waals surface area contributed by atoms with E-state index < -0.39 is 10.0 Å². The molecule has 2 aliphatic rings. The molecule has 20 heavy (non-hydrogen) atoms. The van der Waals surface area contributed by atoms with Gasteiger partial charge in [0.2, 0.25) is 10.0 Å². The van der Waals surface area contributed by atoms with Crippen LogP contribution in [0.2, 0.25) is 0 Å². The lowest BCUT2D eigenvalue weighted by Crippen LogP contribution is -2.39. The van der Waals surface area contributed by atoms with Crippen LogP contribution in [0.5, 0.6) is 0 Å². The molecule has 1 aromatic carbocycles. The smallest absolute Gasteiger partial charge is 0.240 e. The van der Waals surface area contributed by atoms with Gasteiger partial charge in [0.15, 0.2) is 0 Å². The van der Waals surface area contributed by atoms with Crippen LogP contribution >= 0.6 is 0 Å². The second-order valence-corrected chi connectivity index (χ2v) is 7.51. The Bertz CT molecular complexity index is 588. The third kappa shape index (κ3) is 2.68. The summed E-state index contributed by atoms with van der Waals surface area (Å²) in [7, 11) is -1.94. The number of anilines is 1. The highest BCUT2D eigenvalue weighted by molar-refractivity contribution is 7.89. The number of rotatable bonds is 4. The van der Waals surface area contributed by atoms with Crippen LogP contribution in [0.25, 0.3) is 0 Å². The summed E-state index contributed by atoms with van der Waals surface area (Å²) in [4.78, 5) is 2.82. The van der Waals surface area contributed by atoms with Crippen molar-refractivity contribution in [1.82, 2.24) is 9.62 Å². The number of nitrogens with zero attached hydrogens (tertiary/aromatic N) is 1. The fourth-order valence-corrected chi connectivity index (χ4v) is 4.00. The molecule has 0 aromatic heterocycles. The zero-order chi connectivity index (χ0) is 14.2. The lowest BCUT2D eigenvalue weighted by atomic mass is 9.94. The summed E-state index contributed by atoms with van der Waals surface area (Å²) < 4.78 is 26.0. The summed E-state index contributed by atoms with van der Waals surface area (Å²) in [6.45, 7) is 3.52. The van der Waals surface area contributed by atoms with Crippen molar-refractivity contribution >= 4 is 15.7 Å². The molecule has 2 N–H and O–H groups in total. The maximum absolute atomic E-state index is 11.8. The fourth-order valence-electron chi connectivity index (χ4n) is 3.23. The van der Waals surface area contributed by atoms with Gasteiger partial charge in [-0.2, -0.15) is 0 Å². The molecule has 3 unspecified atom stereocenters. The number of fused-ring (bicyclic) bond motifs is 2. The van der Waals surface area contributed by atoms with Gasteiger partial charge in [-0.15, -0.1) is 0 Å². The van der Waals surface area contributed by atoms with Gasteiger partial charge in [-0.3, -0.25) is 0 Å². The van der Waals surface area contributed by atoms with E-state index in [1.54, 1.807) is 18.2 Å². The average molecular weight is 295 g/mol. The third-order valence-electron chi connectivity index (χ3n) is 4.40. The molecule has 0 spiro atoms. The number of nitrogens with one attached hydrogen (secondary N) is 2. The van der Waals surface area contributed by atoms with Crippen LogP contribution in [0.15, 0.2) is 29.2 Å². The van der Waals surface area contributed by atoms with Crippen molar-refractivity contribution in [1.29, 1.82) is 0 Å². The van der Waals surface area contributed by atoms with Gasteiger partial charge in [-0.05, 0) is 50.6 Å². The normalized spacial score (nSPS) is 29.4. The fraction of sp³-hybridized carbons (Fsp3) is 0.571. The highest BCUT2D eigenvalue weighted by Gasteiger charge is 2.34. The lowest BCUT2D eigenvalue weighted by molar-refractivity contribution is 0.255. The highest BCUT2D eigenvalue weighted by atomic mass is 32.2. The van der Waals surface area contributed by atoms with Gasteiger partial charge < -0.3 is 10.2 Å². The van der Waals surface area contributed by atoms with Gasteiger partial charge in [-0.25, -0.2) is 13.1 Å². The number of hydrogen-bond donors (Lipinski definition) is 2. The molecular weight excluding hydrogens is 274 g/mol. The minimum Gasteiger partial charge on any atom is -0.382 e. The van der Waals surface area contributed by atoms with Crippen molar-refractivity contribution in [2.45, 2.75) is 23.8 Å². The van der Waals surface area contributed by atoms with Gasteiger partial charge in [0.1, 0.15) is 0 Å². The van der Waals surface area contributed by atoms with E-state index in [0.29, 0.717) is 16.9 Å². The number of sulfonamides is 1. The highest BCUT2D eigenvalue weighted by Crippen LogP contribution is 2.29. The second kappa shape index (κ2) is 5.35. The molecular formula is C14H21N3O2S. The topological polar surface area (TPSA) is 61.4 Å². The number of piperidine rings is 1. The standard InChI is InChI=1S/C14H21N3O2S/c1-15-20(18,19)13-4-2-3-12(9-13)16-14-6-8-17-7-5-11(14)10-17/h2-4,9,11,14-16H,5-8,10H2,1H3. The Balaban J connectivity index is 1.76. The van der Waals surface area contributed by atoms with Crippen LogP contribution in [0.4, 0.5) is 5.69 Å². The van der Waals surface area contributed by atoms with E-state index in [-0.39, 0.29) is 0 Å². The Morgan fingerprint density at radius 2 is 2.05 bits per heavy atom. The van der Waals surface area contributed by atoms with E-state index in [2.05, 4.69) is 14.9 Å². The molecule has 1 aromatic rings. The molecule has 2 fully saturated rings. The Morgan fingerprint density at radius 3 is 2.85 bits per heavy atom. The molecule has 3 rings (SSSR count). The Kier molecular flexibility index (Phi) is 3.70. The van der Waals surface area contributed by atoms with Gasteiger partial charge in [0.05, 0.1) is 4.90 Å². The molecule has 6 heteroatoms. The maximum atomic E-state index is 11.8. The molecule has 3 atom stereocenters. The monoisotopic (exact) mass is 295 g/mol. The molecule has 110 valence electrons. The van der Waals surface area contributed by atoms with Crippen LogP contribution < -0.4 is 10.0 Å². The minimum atomic E-state index is -3.37. The largest absolute Gasteiger partial charge is 0.382 e. The molecule has 0 radical (unpaired) electrons. The van der Waals surface area contributed by atoms with E-state index >= 15 is 0 Å². The van der Waals surface area contributed by atoms with Crippen molar-refractivity contribution in [3.05, 3.63) is 24.3 Å². The zero-order valence-electron chi connectivity index (χ0n) is 11.7. The molecule has 0 saturated carbocycles. The Labute approximate surface area is 120 Å². The summed E-state index contributed by atoms with van der Waals surface area (Å²) in [6, 6.07) is 7.52. The van der Waals surface area contributed by atoms with E-state index in [9.17, 15) is 8.42 Å². The van der Waals surface area contributed by atoms with Gasteiger partial charge >= 0.3 is 0 Å². The zero-order valence-corrected chi connectivity index (χ0v) is 12.5. The molecule has 0 amide bonds. The molecule has 0 aliphatic carbocycles. The third-order valence-corrected chi connectivity index (χ3v) is 5.81. The van der Waals surface area contributed by atoms with Crippen LogP contribution in [0, 0.1) is 5.92 Å². The predicted octanol–water partition coefficient (Wildman–Crippen LogP) is 1.10. The lowest BCUT2D eigenvalue weighted by Gasteiger charge is -2.31. The van der Waals surface area contributed by atoms with E-state index in [1.165, 1.54) is 26.6 Å². The Hall–Kier alpha value is -1.11. The first-order valence-corrected chi connectivity index (χ1v) is 8.59. The van der Waals surface area contributed by atoms with Gasteiger partial charge in [0.25, 0.3) is 0 Å². The maximum Gasteiger partial charge on any atom is 0.240 e. The Morgan fingerprint density at radius 1 is 1.25 bits per heavy atom. The molecule has 2 saturated heterocycles. The molecule has 5 nitrogen and oxygen atoms in total. The van der Waals surface area contributed by atoms with Crippen molar-refractivity contribution < 1.29 is 8.42 Å². The van der Waals surface area contributed by atoms with Crippen molar-refractivity contribution in [2.24, 2.45) is 5.92 Å². The first-order valence-electron chi connectivity index (χ1n) is 7.11. The van der Waals surface area contributed by atoms with Crippen molar-refractivity contribution in [3.63, 3.8) is 0 Å². The molecule has 2 heterocycles. The number of benzene rings is 1. The minimum absolute atomic E-state index is 0.314. The van der Waals surface area contributed by atoms with Crippen LogP contribution in [0.1, 0.15) is 12.8 Å². The quantitative estimate of drug-likeness (QED) is 0.873. The summed E-state index contributed by atoms with van der Waals surface area (Å²) in [5.41, 5.74) is 0.895. The van der Waals surface area contributed by atoms with Crippen LogP contribution in [-0.2, 0) is 10.0 Å². The first kappa shape index (κ1) is 13.9. The first-order chi connectivity index (χ1) is 9.58. The SMILES string of the molecule is CNS(=O)(=O)c1cccc(NC2CCN3CCC2C3)c1. The van der Waals surface area contributed by atoms with Gasteiger partial charge in [-0.1, -0.05) is 6.07 Å².